The molecule has 1 heterocycles. The van der Waals surface area contributed by atoms with Gasteiger partial charge in [-0.15, -0.1) is 5.10 Å². The van der Waals surface area contributed by atoms with Crippen LogP contribution in [0.25, 0.3) is 0 Å². The van der Waals surface area contributed by atoms with Crippen molar-refractivity contribution in [3.05, 3.63) is 64.8 Å². The molecule has 8 nitrogen and oxygen atoms in total. The van der Waals surface area contributed by atoms with E-state index in [0.717, 1.165) is 11.3 Å². The lowest BCUT2D eigenvalue weighted by Crippen LogP contribution is -2.07. The van der Waals surface area contributed by atoms with Crippen LogP contribution in [0.2, 0.25) is 5.02 Å². The Hall–Kier alpha value is -3.39. The van der Waals surface area contributed by atoms with Crippen molar-refractivity contribution in [2.75, 3.05) is 24.9 Å². The summed E-state index contributed by atoms with van der Waals surface area (Å²) in [5.74, 6) is 1.11. The van der Waals surface area contributed by atoms with Crippen LogP contribution >= 0.6 is 11.6 Å². The summed E-state index contributed by atoms with van der Waals surface area (Å²) >= 11 is 6.18. The van der Waals surface area contributed by atoms with Gasteiger partial charge in [0.05, 0.1) is 36.7 Å². The summed E-state index contributed by atoms with van der Waals surface area (Å²) in [6, 6.07) is 12.4. The molecule has 0 spiro atoms. The van der Waals surface area contributed by atoms with Crippen molar-refractivity contribution in [2.24, 2.45) is 0 Å². The molecular weight excluding hydrogens is 382 g/mol. The normalized spacial score (nSPS) is 10.2. The molecular formula is C19H18ClN5O3. The molecule has 0 amide bonds. The second kappa shape index (κ2) is 9.01. The lowest BCUT2D eigenvalue weighted by molar-refractivity contribution is 0.0601. The van der Waals surface area contributed by atoms with Crippen LogP contribution in [0.3, 0.4) is 0 Å². The fraction of sp³-hybridized carbons (Fsp3) is 0.158. The molecule has 28 heavy (non-hydrogen) atoms. The first-order valence-corrected chi connectivity index (χ1v) is 8.68. The highest BCUT2D eigenvalue weighted by molar-refractivity contribution is 6.33. The van der Waals surface area contributed by atoms with Crippen molar-refractivity contribution in [2.45, 2.75) is 6.54 Å². The number of aromatic nitrogens is 3. The van der Waals surface area contributed by atoms with Gasteiger partial charge in [-0.2, -0.15) is 10.1 Å². The van der Waals surface area contributed by atoms with Gasteiger partial charge in [0.2, 0.25) is 5.95 Å². The van der Waals surface area contributed by atoms with Crippen LogP contribution in [-0.2, 0) is 11.3 Å². The molecule has 3 rings (SSSR count). The van der Waals surface area contributed by atoms with Gasteiger partial charge in [0.1, 0.15) is 5.75 Å². The Morgan fingerprint density at radius 2 is 1.93 bits per heavy atom. The van der Waals surface area contributed by atoms with E-state index in [4.69, 9.17) is 21.1 Å². The molecule has 1 aromatic heterocycles. The molecule has 0 unspecified atom stereocenters. The highest BCUT2D eigenvalue weighted by atomic mass is 35.5. The van der Waals surface area contributed by atoms with Crippen LogP contribution in [0.15, 0.2) is 48.7 Å². The molecule has 0 aliphatic rings. The van der Waals surface area contributed by atoms with Gasteiger partial charge in [-0.1, -0.05) is 23.7 Å². The van der Waals surface area contributed by atoms with Crippen molar-refractivity contribution < 1.29 is 14.3 Å². The number of nitrogens with zero attached hydrogens (tertiary/aromatic N) is 3. The third kappa shape index (κ3) is 4.86. The number of hydrogen-bond donors (Lipinski definition) is 2. The standard InChI is InChI=1S/C19H18ClN5O3/c1-27-14-6-3-12(4-7-14)10-21-17-11-22-25-19(24-17)23-16-9-13(18(26)28-2)5-8-15(16)20/h3-9,11H,10H2,1-2H3,(H2,21,23,24,25). The summed E-state index contributed by atoms with van der Waals surface area (Å²) in [5, 5.41) is 14.4. The third-order valence-electron chi connectivity index (χ3n) is 3.83. The molecule has 0 radical (unpaired) electrons. The van der Waals surface area contributed by atoms with Crippen molar-refractivity contribution in [1.82, 2.24) is 15.2 Å². The predicted octanol–water partition coefficient (Wildman–Crippen LogP) is 3.68. The number of hydrogen-bond acceptors (Lipinski definition) is 8. The highest BCUT2D eigenvalue weighted by Crippen LogP contribution is 2.26. The maximum Gasteiger partial charge on any atom is 0.337 e. The molecule has 0 fully saturated rings. The van der Waals surface area contributed by atoms with Crippen molar-refractivity contribution in [3.8, 4) is 5.75 Å². The second-order valence-electron chi connectivity index (χ2n) is 5.68. The maximum atomic E-state index is 11.7. The number of rotatable bonds is 7. The van der Waals surface area contributed by atoms with E-state index in [1.807, 2.05) is 24.3 Å². The van der Waals surface area contributed by atoms with Crippen LogP contribution in [0.1, 0.15) is 15.9 Å². The number of anilines is 3. The van der Waals surface area contributed by atoms with Gasteiger partial charge < -0.3 is 20.1 Å². The first-order valence-electron chi connectivity index (χ1n) is 8.30. The zero-order valence-electron chi connectivity index (χ0n) is 15.3. The molecule has 2 N–H and O–H groups in total. The predicted molar refractivity (Wildman–Crippen MR) is 106 cm³/mol. The van der Waals surface area contributed by atoms with Crippen molar-refractivity contribution >= 4 is 35.0 Å². The van der Waals surface area contributed by atoms with Crippen molar-refractivity contribution in [3.63, 3.8) is 0 Å². The van der Waals surface area contributed by atoms with Gasteiger partial charge in [0, 0.05) is 6.54 Å². The quantitative estimate of drug-likeness (QED) is 0.580. The van der Waals surface area contributed by atoms with Crippen molar-refractivity contribution in [1.29, 1.82) is 0 Å². The number of methoxy groups -OCH3 is 2. The summed E-state index contributed by atoms with van der Waals surface area (Å²) in [5.41, 5.74) is 1.89. The third-order valence-corrected chi connectivity index (χ3v) is 4.16. The molecule has 0 aliphatic carbocycles. The number of esters is 1. The van der Waals surface area contributed by atoms with Gasteiger partial charge in [-0.3, -0.25) is 0 Å². The molecule has 0 saturated carbocycles. The Kier molecular flexibility index (Phi) is 6.23. The van der Waals surface area contributed by atoms with Crippen LogP contribution in [0.5, 0.6) is 5.75 Å². The van der Waals surface area contributed by atoms with E-state index in [1.54, 1.807) is 25.3 Å². The molecule has 0 atom stereocenters. The fourth-order valence-corrected chi connectivity index (χ4v) is 2.53. The average Bonchev–Trinajstić information content (AvgIpc) is 2.74. The Morgan fingerprint density at radius 3 is 2.64 bits per heavy atom. The van der Waals surface area contributed by atoms with Crippen LogP contribution in [0.4, 0.5) is 17.5 Å². The molecule has 3 aromatic rings. The number of carbonyl (C=O) groups is 1. The summed E-state index contributed by atoms with van der Waals surface area (Å²) in [6.07, 6.45) is 1.52. The van der Waals surface area contributed by atoms with Gasteiger partial charge in [0.25, 0.3) is 0 Å². The molecule has 0 saturated heterocycles. The van der Waals surface area contributed by atoms with Crippen LogP contribution in [-0.4, -0.2) is 35.4 Å². The van der Waals surface area contributed by atoms with E-state index in [2.05, 4.69) is 25.8 Å². The number of nitrogens with one attached hydrogen (secondary N) is 2. The Balaban J connectivity index is 1.70. The first-order chi connectivity index (χ1) is 13.6. The summed E-state index contributed by atoms with van der Waals surface area (Å²) in [6.45, 7) is 0.556. The van der Waals surface area contributed by atoms with E-state index < -0.39 is 5.97 Å². The largest absolute Gasteiger partial charge is 0.497 e. The zero-order valence-corrected chi connectivity index (χ0v) is 16.0. The Labute approximate surface area is 166 Å². The topological polar surface area (TPSA) is 98.3 Å². The highest BCUT2D eigenvalue weighted by Gasteiger charge is 2.10. The summed E-state index contributed by atoms with van der Waals surface area (Å²) in [7, 11) is 2.94. The second-order valence-corrected chi connectivity index (χ2v) is 6.09. The van der Waals surface area contributed by atoms with E-state index in [9.17, 15) is 4.79 Å². The minimum atomic E-state index is -0.464. The fourth-order valence-electron chi connectivity index (χ4n) is 2.36. The minimum absolute atomic E-state index is 0.239. The number of ether oxygens (including phenoxy) is 2. The molecule has 144 valence electrons. The summed E-state index contributed by atoms with van der Waals surface area (Å²) in [4.78, 5) is 16.0. The Morgan fingerprint density at radius 1 is 1.14 bits per heavy atom. The van der Waals surface area contributed by atoms with Gasteiger partial charge >= 0.3 is 5.97 Å². The molecule has 9 heteroatoms. The number of halogens is 1. The van der Waals surface area contributed by atoms with E-state index in [0.29, 0.717) is 28.6 Å². The Bertz CT molecular complexity index is 966. The minimum Gasteiger partial charge on any atom is -0.497 e. The number of carbonyl (C=O) groups excluding carboxylic acids is 1. The van der Waals surface area contributed by atoms with Crippen LogP contribution in [0, 0.1) is 0 Å². The SMILES string of the molecule is COC(=O)c1ccc(Cl)c(Nc2nncc(NCc3ccc(OC)cc3)n2)c1. The maximum absolute atomic E-state index is 11.7. The van der Waals surface area contributed by atoms with E-state index in [-0.39, 0.29) is 5.95 Å². The molecule has 2 aromatic carbocycles. The average molecular weight is 400 g/mol. The van der Waals surface area contributed by atoms with Gasteiger partial charge in [0.15, 0.2) is 5.82 Å². The summed E-state index contributed by atoms with van der Waals surface area (Å²) < 4.78 is 9.86. The van der Waals surface area contributed by atoms with Gasteiger partial charge in [-0.25, -0.2) is 4.79 Å². The monoisotopic (exact) mass is 399 g/mol. The first kappa shape index (κ1) is 19.4. The van der Waals surface area contributed by atoms with Crippen LogP contribution < -0.4 is 15.4 Å². The lowest BCUT2D eigenvalue weighted by atomic mass is 10.2. The zero-order chi connectivity index (χ0) is 19.9. The molecule has 0 bridgehead atoms. The van der Waals surface area contributed by atoms with E-state index >= 15 is 0 Å². The van der Waals surface area contributed by atoms with Gasteiger partial charge in [-0.05, 0) is 35.9 Å². The molecule has 0 aliphatic heterocycles. The lowest BCUT2D eigenvalue weighted by Gasteiger charge is -2.10. The number of benzene rings is 2. The van der Waals surface area contributed by atoms with E-state index in [1.165, 1.54) is 13.3 Å². The smallest absolute Gasteiger partial charge is 0.337 e.